The molecule has 1 aromatic rings. The highest BCUT2D eigenvalue weighted by Gasteiger charge is 2.36. The van der Waals surface area contributed by atoms with Crippen molar-refractivity contribution in [3.8, 4) is 0 Å². The van der Waals surface area contributed by atoms with Crippen LogP contribution in [-0.4, -0.2) is 44.3 Å². The first-order chi connectivity index (χ1) is 12.6. The van der Waals surface area contributed by atoms with Gasteiger partial charge in [0.2, 0.25) is 0 Å². The molecule has 0 saturated carbocycles. The van der Waals surface area contributed by atoms with E-state index in [2.05, 4.69) is 10.6 Å². The van der Waals surface area contributed by atoms with Gasteiger partial charge in [-0.2, -0.15) is 0 Å². The molecule has 1 unspecified atom stereocenters. The summed E-state index contributed by atoms with van der Waals surface area (Å²) in [6.07, 6.45) is 0.864. The van der Waals surface area contributed by atoms with Gasteiger partial charge in [0.15, 0.2) is 9.84 Å². The lowest BCUT2D eigenvalue weighted by molar-refractivity contribution is 0.0503. The zero-order valence-electron chi connectivity index (χ0n) is 16.1. The van der Waals surface area contributed by atoms with Crippen molar-refractivity contribution in [3.05, 3.63) is 35.6 Å². The number of rotatable bonds is 6. The third-order valence-corrected chi connectivity index (χ3v) is 6.50. The summed E-state index contributed by atoms with van der Waals surface area (Å²) >= 11 is 0. The van der Waals surface area contributed by atoms with E-state index in [4.69, 9.17) is 4.74 Å². The first-order valence-electron chi connectivity index (χ1n) is 9.23. The standard InChI is InChI=1S/C19H29FN2O4S/c1-19(2,3)26-18(23)22-17(15-8-11-21-12-9-15)27(24,25)13-10-14-4-6-16(20)7-5-14/h4-7,15,17,21H,8-13H2,1-3H3,(H,22,23). The molecule has 0 aromatic heterocycles. The topological polar surface area (TPSA) is 84.5 Å². The van der Waals surface area contributed by atoms with Gasteiger partial charge in [0.1, 0.15) is 16.8 Å². The average Bonchev–Trinajstić information content (AvgIpc) is 2.58. The number of hydrogen-bond donors (Lipinski definition) is 2. The maximum atomic E-state index is 13.0. The Kier molecular flexibility index (Phi) is 7.22. The summed E-state index contributed by atoms with van der Waals surface area (Å²) in [4.78, 5) is 12.2. The van der Waals surface area contributed by atoms with Gasteiger partial charge in [0, 0.05) is 0 Å². The highest BCUT2D eigenvalue weighted by atomic mass is 32.2. The zero-order valence-corrected chi connectivity index (χ0v) is 16.9. The lowest BCUT2D eigenvalue weighted by Gasteiger charge is -2.31. The van der Waals surface area contributed by atoms with Crippen LogP contribution in [0.15, 0.2) is 24.3 Å². The van der Waals surface area contributed by atoms with Gasteiger partial charge in [-0.25, -0.2) is 17.6 Å². The van der Waals surface area contributed by atoms with Crippen LogP contribution in [0.4, 0.5) is 9.18 Å². The molecule has 27 heavy (non-hydrogen) atoms. The molecular formula is C19H29FN2O4S. The predicted octanol–water partition coefficient (Wildman–Crippen LogP) is 2.63. The fourth-order valence-corrected chi connectivity index (χ4v) is 5.02. The second-order valence-corrected chi connectivity index (χ2v) is 10.1. The van der Waals surface area contributed by atoms with Crippen LogP contribution < -0.4 is 10.6 Å². The van der Waals surface area contributed by atoms with Crippen molar-refractivity contribution in [2.24, 2.45) is 5.92 Å². The molecule has 2 N–H and O–H groups in total. The van der Waals surface area contributed by atoms with Crippen LogP contribution in [0.25, 0.3) is 0 Å². The minimum absolute atomic E-state index is 0.122. The molecule has 0 radical (unpaired) electrons. The molecule has 0 spiro atoms. The predicted molar refractivity (Wildman–Crippen MR) is 103 cm³/mol. The van der Waals surface area contributed by atoms with Crippen LogP contribution in [0.2, 0.25) is 0 Å². The maximum Gasteiger partial charge on any atom is 0.408 e. The summed E-state index contributed by atoms with van der Waals surface area (Å²) < 4.78 is 44.3. The Morgan fingerprint density at radius 1 is 1.26 bits per heavy atom. The molecule has 1 saturated heterocycles. The molecule has 1 atom stereocenters. The summed E-state index contributed by atoms with van der Waals surface area (Å²) in [6.45, 7) is 6.62. The van der Waals surface area contributed by atoms with E-state index in [0.29, 0.717) is 25.9 Å². The van der Waals surface area contributed by atoms with Gasteiger partial charge in [0.25, 0.3) is 0 Å². The minimum atomic E-state index is -3.61. The van der Waals surface area contributed by atoms with Gasteiger partial charge in [-0.05, 0) is 76.7 Å². The van der Waals surface area contributed by atoms with Crippen LogP contribution in [-0.2, 0) is 21.0 Å². The summed E-state index contributed by atoms with van der Waals surface area (Å²) in [5.41, 5.74) is 0.0296. The molecule has 152 valence electrons. The fraction of sp³-hybridized carbons (Fsp3) is 0.632. The van der Waals surface area contributed by atoms with Crippen LogP contribution >= 0.6 is 0 Å². The molecule has 1 amide bonds. The molecule has 6 nitrogen and oxygen atoms in total. The van der Waals surface area contributed by atoms with Crippen molar-refractivity contribution in [1.82, 2.24) is 10.6 Å². The Balaban J connectivity index is 2.11. The van der Waals surface area contributed by atoms with Crippen LogP contribution in [0.3, 0.4) is 0 Å². The number of ether oxygens (including phenoxy) is 1. The Hall–Kier alpha value is -1.67. The van der Waals surface area contributed by atoms with Crippen molar-refractivity contribution in [2.75, 3.05) is 18.8 Å². The highest BCUT2D eigenvalue weighted by molar-refractivity contribution is 7.92. The van der Waals surface area contributed by atoms with Crippen molar-refractivity contribution in [1.29, 1.82) is 0 Å². The van der Waals surface area contributed by atoms with Gasteiger partial charge < -0.3 is 15.4 Å². The maximum absolute atomic E-state index is 13.0. The molecule has 1 aromatic carbocycles. The normalized spacial score (nSPS) is 17.3. The second-order valence-electron chi connectivity index (χ2n) is 7.90. The van der Waals surface area contributed by atoms with Crippen molar-refractivity contribution in [2.45, 2.75) is 51.0 Å². The SMILES string of the molecule is CC(C)(C)OC(=O)NC(C1CCNCC1)S(=O)(=O)CCc1ccc(F)cc1. The van der Waals surface area contributed by atoms with E-state index in [1.807, 2.05) is 0 Å². The first-order valence-corrected chi connectivity index (χ1v) is 10.9. The molecule has 1 aliphatic rings. The van der Waals surface area contributed by atoms with Crippen molar-refractivity contribution in [3.63, 3.8) is 0 Å². The van der Waals surface area contributed by atoms with E-state index in [9.17, 15) is 17.6 Å². The molecule has 1 heterocycles. The number of nitrogens with one attached hydrogen (secondary N) is 2. The fourth-order valence-electron chi connectivity index (χ4n) is 3.11. The van der Waals surface area contributed by atoms with Crippen LogP contribution in [0, 0.1) is 11.7 Å². The first kappa shape index (κ1) is 21.6. The van der Waals surface area contributed by atoms with Crippen LogP contribution in [0.5, 0.6) is 0 Å². The minimum Gasteiger partial charge on any atom is -0.444 e. The van der Waals surface area contributed by atoms with Crippen molar-refractivity contribution < 1.29 is 22.3 Å². The number of carbonyl (C=O) groups excluding carboxylic acids is 1. The lowest BCUT2D eigenvalue weighted by Crippen LogP contribution is -2.50. The monoisotopic (exact) mass is 400 g/mol. The number of amides is 1. The van der Waals surface area contributed by atoms with Crippen LogP contribution in [0.1, 0.15) is 39.2 Å². The molecule has 2 rings (SSSR count). The number of alkyl carbamates (subject to hydrolysis) is 1. The molecule has 1 aliphatic heterocycles. The lowest BCUT2D eigenvalue weighted by atomic mass is 9.98. The zero-order chi connectivity index (χ0) is 20.1. The molecule has 0 bridgehead atoms. The number of carbonyl (C=O) groups is 1. The third kappa shape index (κ3) is 7.10. The van der Waals surface area contributed by atoms with Gasteiger partial charge in [-0.3, -0.25) is 0 Å². The van der Waals surface area contributed by atoms with Crippen molar-refractivity contribution >= 4 is 15.9 Å². The average molecular weight is 401 g/mol. The highest BCUT2D eigenvalue weighted by Crippen LogP contribution is 2.22. The van der Waals surface area contributed by atoms with Gasteiger partial charge in [0.05, 0.1) is 5.75 Å². The second kappa shape index (κ2) is 9.01. The number of halogens is 1. The van der Waals surface area contributed by atoms with Gasteiger partial charge >= 0.3 is 6.09 Å². The number of aryl methyl sites for hydroxylation is 1. The Bertz CT molecular complexity index is 723. The number of hydrogen-bond acceptors (Lipinski definition) is 5. The summed E-state index contributed by atoms with van der Waals surface area (Å²) in [5, 5.41) is 4.80. The van der Waals surface area contributed by atoms with Gasteiger partial charge in [-0.1, -0.05) is 12.1 Å². The molecule has 8 heteroatoms. The summed E-state index contributed by atoms with van der Waals surface area (Å²) in [5.74, 6) is -0.652. The van der Waals surface area contributed by atoms with E-state index in [0.717, 1.165) is 5.56 Å². The largest absolute Gasteiger partial charge is 0.444 e. The third-order valence-electron chi connectivity index (χ3n) is 4.45. The quantitative estimate of drug-likeness (QED) is 0.767. The number of benzene rings is 1. The molecule has 1 fully saturated rings. The van der Waals surface area contributed by atoms with E-state index in [-0.39, 0.29) is 23.9 Å². The Morgan fingerprint density at radius 2 is 1.85 bits per heavy atom. The van der Waals surface area contributed by atoms with E-state index >= 15 is 0 Å². The van der Waals surface area contributed by atoms with E-state index < -0.39 is 26.9 Å². The molecular weight excluding hydrogens is 371 g/mol. The number of sulfone groups is 1. The Morgan fingerprint density at radius 3 is 2.41 bits per heavy atom. The Labute approximate surface area is 160 Å². The van der Waals surface area contributed by atoms with Gasteiger partial charge in [-0.15, -0.1) is 0 Å². The molecule has 0 aliphatic carbocycles. The summed E-state index contributed by atoms with van der Waals surface area (Å²) in [7, 11) is -3.61. The smallest absolute Gasteiger partial charge is 0.408 e. The number of piperidine rings is 1. The summed E-state index contributed by atoms with van der Waals surface area (Å²) in [6, 6.07) is 5.77. The van der Waals surface area contributed by atoms with E-state index in [1.165, 1.54) is 12.1 Å². The van der Waals surface area contributed by atoms with E-state index in [1.54, 1.807) is 32.9 Å².